The minimum Gasteiger partial charge on any atom is -0.383 e. The lowest BCUT2D eigenvalue weighted by molar-refractivity contribution is -0.120. The van der Waals surface area contributed by atoms with E-state index in [4.69, 9.17) is 4.74 Å². The van der Waals surface area contributed by atoms with Crippen LogP contribution in [0.1, 0.15) is 25.3 Å². The summed E-state index contributed by atoms with van der Waals surface area (Å²) < 4.78 is 4.92. The molecule has 2 rings (SSSR count). The van der Waals surface area contributed by atoms with Gasteiger partial charge in [0.1, 0.15) is 0 Å². The van der Waals surface area contributed by atoms with Crippen molar-refractivity contribution in [2.75, 3.05) is 20.3 Å². The highest BCUT2D eigenvalue weighted by Gasteiger charge is 2.19. The summed E-state index contributed by atoms with van der Waals surface area (Å²) in [5, 5.41) is 6.26. The van der Waals surface area contributed by atoms with Gasteiger partial charge in [-0.3, -0.25) is 4.79 Å². The summed E-state index contributed by atoms with van der Waals surface area (Å²) in [6.07, 6.45) is 2.62. The van der Waals surface area contributed by atoms with E-state index >= 15 is 0 Å². The Morgan fingerprint density at radius 2 is 2.10 bits per heavy atom. The predicted molar refractivity (Wildman–Crippen MR) is 86.5 cm³/mol. The monoisotopic (exact) mass is 308 g/mol. The molecule has 1 fully saturated rings. The summed E-state index contributed by atoms with van der Waals surface area (Å²) in [5.74, 6) is 0.0523. The van der Waals surface area contributed by atoms with Crippen molar-refractivity contribution in [1.82, 2.24) is 10.6 Å². The quantitative estimate of drug-likeness (QED) is 0.542. The smallest absolute Gasteiger partial charge is 0.233 e. The first-order chi connectivity index (χ1) is 10.2. The third-order valence-electron chi connectivity index (χ3n) is 3.38. The van der Waals surface area contributed by atoms with E-state index in [9.17, 15) is 4.79 Å². The van der Waals surface area contributed by atoms with Crippen molar-refractivity contribution in [3.8, 4) is 0 Å². The maximum absolute atomic E-state index is 11.9. The summed E-state index contributed by atoms with van der Waals surface area (Å²) in [5.41, 5.74) is 1.29. The molecule has 1 unspecified atom stereocenters. The number of nitrogens with one attached hydrogen (secondary N) is 2. The van der Waals surface area contributed by atoms with E-state index < -0.39 is 0 Å². The summed E-state index contributed by atoms with van der Waals surface area (Å²) in [4.78, 5) is 13.0. The molecule has 1 aromatic carbocycles. The fraction of sp³-hybridized carbons (Fsp3) is 0.562. The van der Waals surface area contributed by atoms with Crippen molar-refractivity contribution in [3.63, 3.8) is 0 Å². The Labute approximate surface area is 131 Å². The van der Waals surface area contributed by atoms with E-state index in [1.807, 2.05) is 6.92 Å². The lowest BCUT2D eigenvalue weighted by Crippen LogP contribution is -2.33. The van der Waals surface area contributed by atoms with E-state index in [-0.39, 0.29) is 11.2 Å². The lowest BCUT2D eigenvalue weighted by Gasteiger charge is -2.12. The van der Waals surface area contributed by atoms with Gasteiger partial charge in [0.05, 0.1) is 11.9 Å². The fourth-order valence-corrected chi connectivity index (χ4v) is 2.81. The highest BCUT2D eigenvalue weighted by atomic mass is 32.2. The highest BCUT2D eigenvalue weighted by Crippen LogP contribution is 2.24. The van der Waals surface area contributed by atoms with Crippen molar-refractivity contribution in [2.24, 2.45) is 0 Å². The SMILES string of the molecule is COCCNC(=O)C(C)Sc1ccc(CNC2CC2)cc1. The van der Waals surface area contributed by atoms with E-state index in [2.05, 4.69) is 34.9 Å². The number of rotatable bonds is 9. The van der Waals surface area contributed by atoms with Crippen LogP contribution < -0.4 is 10.6 Å². The van der Waals surface area contributed by atoms with Crippen molar-refractivity contribution < 1.29 is 9.53 Å². The molecule has 0 radical (unpaired) electrons. The standard InChI is InChI=1S/C16H24N2O2S/c1-12(16(19)17-9-10-20-2)21-15-7-3-13(4-8-15)11-18-14-5-6-14/h3-4,7-8,12,14,18H,5-6,9-11H2,1-2H3,(H,17,19). The average Bonchev–Trinajstić information content (AvgIpc) is 3.31. The fourth-order valence-electron chi connectivity index (χ4n) is 1.91. The molecule has 1 aliphatic rings. The molecule has 0 saturated heterocycles. The number of thioether (sulfide) groups is 1. The molecule has 2 N–H and O–H groups in total. The van der Waals surface area contributed by atoms with Crippen LogP contribution in [-0.2, 0) is 16.1 Å². The molecule has 0 aromatic heterocycles. The molecule has 5 heteroatoms. The molecule has 0 heterocycles. The molecule has 4 nitrogen and oxygen atoms in total. The molecule has 1 saturated carbocycles. The summed E-state index contributed by atoms with van der Waals surface area (Å²) in [7, 11) is 1.63. The van der Waals surface area contributed by atoms with Gasteiger partial charge in [0.25, 0.3) is 0 Å². The van der Waals surface area contributed by atoms with Gasteiger partial charge < -0.3 is 15.4 Å². The number of hydrogen-bond donors (Lipinski definition) is 2. The number of benzene rings is 1. The number of amides is 1. The number of methoxy groups -OCH3 is 1. The van der Waals surface area contributed by atoms with Crippen LogP contribution in [0.3, 0.4) is 0 Å². The van der Waals surface area contributed by atoms with Crippen LogP contribution in [0.2, 0.25) is 0 Å². The zero-order valence-electron chi connectivity index (χ0n) is 12.7. The Morgan fingerprint density at radius 3 is 2.71 bits per heavy atom. The molecule has 21 heavy (non-hydrogen) atoms. The average molecular weight is 308 g/mol. The van der Waals surface area contributed by atoms with Crippen molar-refractivity contribution in [3.05, 3.63) is 29.8 Å². The number of hydrogen-bond acceptors (Lipinski definition) is 4. The molecule has 1 aromatic rings. The van der Waals surface area contributed by atoms with Crippen LogP contribution in [0.25, 0.3) is 0 Å². The molecule has 1 amide bonds. The third-order valence-corrected chi connectivity index (χ3v) is 4.50. The van der Waals surface area contributed by atoms with Crippen molar-refractivity contribution in [1.29, 1.82) is 0 Å². The molecule has 0 spiro atoms. The number of carbonyl (C=O) groups is 1. The second-order valence-corrected chi connectivity index (χ2v) is 6.76. The van der Waals surface area contributed by atoms with E-state index in [1.54, 1.807) is 18.9 Å². The first-order valence-corrected chi connectivity index (χ1v) is 8.32. The topological polar surface area (TPSA) is 50.4 Å². The highest BCUT2D eigenvalue weighted by molar-refractivity contribution is 8.00. The van der Waals surface area contributed by atoms with E-state index in [1.165, 1.54) is 18.4 Å². The van der Waals surface area contributed by atoms with Gasteiger partial charge in [0.2, 0.25) is 5.91 Å². The van der Waals surface area contributed by atoms with Gasteiger partial charge in [-0.1, -0.05) is 12.1 Å². The van der Waals surface area contributed by atoms with Crippen LogP contribution in [-0.4, -0.2) is 37.5 Å². The van der Waals surface area contributed by atoms with Gasteiger partial charge in [-0.05, 0) is 37.5 Å². The Hall–Kier alpha value is -1.04. The Kier molecular flexibility index (Phi) is 6.54. The zero-order chi connectivity index (χ0) is 15.1. The summed E-state index contributed by atoms with van der Waals surface area (Å²) in [6, 6.07) is 9.18. The van der Waals surface area contributed by atoms with Gasteiger partial charge in [0, 0.05) is 31.1 Å². The zero-order valence-corrected chi connectivity index (χ0v) is 13.5. The van der Waals surface area contributed by atoms with Crippen LogP contribution in [0, 0.1) is 0 Å². The summed E-state index contributed by atoms with van der Waals surface area (Å²) in [6.45, 7) is 3.97. The molecule has 1 aliphatic carbocycles. The first kappa shape index (κ1) is 16.3. The second kappa shape index (κ2) is 8.41. The molecule has 116 valence electrons. The minimum absolute atomic E-state index is 0.0523. The van der Waals surface area contributed by atoms with Crippen LogP contribution in [0.4, 0.5) is 0 Å². The predicted octanol–water partition coefficient (Wildman–Crippen LogP) is 2.18. The van der Waals surface area contributed by atoms with E-state index in [0.717, 1.165) is 17.5 Å². The van der Waals surface area contributed by atoms with Crippen LogP contribution >= 0.6 is 11.8 Å². The third kappa shape index (κ3) is 6.08. The van der Waals surface area contributed by atoms with Gasteiger partial charge in [-0.2, -0.15) is 0 Å². The maximum atomic E-state index is 11.9. The Balaban J connectivity index is 1.74. The maximum Gasteiger partial charge on any atom is 0.233 e. The van der Waals surface area contributed by atoms with E-state index in [0.29, 0.717) is 13.2 Å². The van der Waals surface area contributed by atoms with Gasteiger partial charge in [-0.15, -0.1) is 11.8 Å². The largest absolute Gasteiger partial charge is 0.383 e. The summed E-state index contributed by atoms with van der Waals surface area (Å²) >= 11 is 1.58. The van der Waals surface area contributed by atoms with Gasteiger partial charge >= 0.3 is 0 Å². The molecular weight excluding hydrogens is 284 g/mol. The van der Waals surface area contributed by atoms with Crippen molar-refractivity contribution >= 4 is 17.7 Å². The lowest BCUT2D eigenvalue weighted by atomic mass is 10.2. The first-order valence-electron chi connectivity index (χ1n) is 7.44. The molecule has 1 atom stereocenters. The molecule has 0 bridgehead atoms. The Bertz CT molecular complexity index is 446. The normalized spacial score (nSPS) is 15.7. The molecular formula is C16H24N2O2S. The van der Waals surface area contributed by atoms with Crippen LogP contribution in [0.5, 0.6) is 0 Å². The number of ether oxygens (including phenoxy) is 1. The van der Waals surface area contributed by atoms with Crippen LogP contribution in [0.15, 0.2) is 29.2 Å². The Morgan fingerprint density at radius 1 is 1.38 bits per heavy atom. The second-order valence-electron chi connectivity index (χ2n) is 5.34. The minimum atomic E-state index is -0.0997. The van der Waals surface area contributed by atoms with Gasteiger partial charge in [0.15, 0.2) is 0 Å². The van der Waals surface area contributed by atoms with Gasteiger partial charge in [-0.25, -0.2) is 0 Å². The molecule has 0 aliphatic heterocycles. The number of carbonyl (C=O) groups excluding carboxylic acids is 1. The van der Waals surface area contributed by atoms with Crippen molar-refractivity contribution in [2.45, 2.75) is 42.5 Å².